The number of amidine groups is 1. The molecule has 0 spiro atoms. The fraction of sp³-hybridized carbons (Fsp3) is 0.300. The summed E-state index contributed by atoms with van der Waals surface area (Å²) >= 11 is 0. The molecule has 12 heavy (non-hydrogen) atoms. The molecule has 1 heterocycles. The smallest absolute Gasteiger partial charge is 0.126 e. The Kier molecular flexibility index (Phi) is 1.43. The lowest BCUT2D eigenvalue weighted by Crippen LogP contribution is -2.10. The molecule has 1 unspecified atom stereocenters. The molecule has 0 saturated carbocycles. The maximum Gasteiger partial charge on any atom is 0.126 e. The molecule has 0 radical (unpaired) electrons. The van der Waals surface area contributed by atoms with E-state index in [1.807, 2.05) is 6.07 Å². The predicted octanol–water partition coefficient (Wildman–Crippen LogP) is 1.77. The standard InChI is InChI=1S/C10H12N2/c1-6-3-4-8-9(5-6)7(2)12-10(8)11/h3-5,7H,1-2H3,(H2,11,12). The lowest BCUT2D eigenvalue weighted by Gasteiger charge is -2.03. The number of rotatable bonds is 0. The normalized spacial score (nSPS) is 20.5. The Hall–Kier alpha value is -1.31. The number of aryl methyl sites for hydroxylation is 1. The third-order valence-corrected chi connectivity index (χ3v) is 2.27. The van der Waals surface area contributed by atoms with Gasteiger partial charge in [0.15, 0.2) is 0 Å². The summed E-state index contributed by atoms with van der Waals surface area (Å²) in [5.41, 5.74) is 9.37. The van der Waals surface area contributed by atoms with Crippen molar-refractivity contribution in [3.05, 3.63) is 34.9 Å². The van der Waals surface area contributed by atoms with E-state index in [0.29, 0.717) is 5.84 Å². The molecule has 2 nitrogen and oxygen atoms in total. The number of fused-ring (bicyclic) bond motifs is 1. The first-order valence-corrected chi connectivity index (χ1v) is 4.12. The van der Waals surface area contributed by atoms with Crippen molar-refractivity contribution in [2.24, 2.45) is 10.7 Å². The first kappa shape index (κ1) is 7.35. The molecule has 0 amide bonds. The number of hydrogen-bond donors (Lipinski definition) is 1. The molecule has 2 heteroatoms. The molecule has 62 valence electrons. The van der Waals surface area contributed by atoms with Gasteiger partial charge in [-0.15, -0.1) is 0 Å². The van der Waals surface area contributed by atoms with Gasteiger partial charge >= 0.3 is 0 Å². The molecule has 1 atom stereocenters. The molecule has 2 N–H and O–H groups in total. The van der Waals surface area contributed by atoms with Crippen LogP contribution in [0.2, 0.25) is 0 Å². The first-order valence-electron chi connectivity index (χ1n) is 4.12. The van der Waals surface area contributed by atoms with Crippen molar-refractivity contribution < 1.29 is 0 Å². The summed E-state index contributed by atoms with van der Waals surface area (Å²) in [6, 6.07) is 6.51. The summed E-state index contributed by atoms with van der Waals surface area (Å²) in [7, 11) is 0. The molecule has 2 rings (SSSR count). The second-order valence-electron chi connectivity index (χ2n) is 3.28. The monoisotopic (exact) mass is 160 g/mol. The average molecular weight is 160 g/mol. The SMILES string of the molecule is Cc1ccc2c(c1)C(C)N=C2N. The zero-order valence-corrected chi connectivity index (χ0v) is 7.33. The Balaban J connectivity index is 2.61. The number of benzene rings is 1. The van der Waals surface area contributed by atoms with Gasteiger partial charge in [0.2, 0.25) is 0 Å². The van der Waals surface area contributed by atoms with Gasteiger partial charge in [-0.3, -0.25) is 4.99 Å². The van der Waals surface area contributed by atoms with Gasteiger partial charge < -0.3 is 5.73 Å². The fourth-order valence-electron chi connectivity index (χ4n) is 1.61. The van der Waals surface area contributed by atoms with Crippen LogP contribution in [0.5, 0.6) is 0 Å². The van der Waals surface area contributed by atoms with Crippen molar-refractivity contribution in [2.75, 3.05) is 0 Å². The Morgan fingerprint density at radius 1 is 1.42 bits per heavy atom. The Morgan fingerprint density at radius 3 is 2.92 bits per heavy atom. The summed E-state index contributed by atoms with van der Waals surface area (Å²) in [6.07, 6.45) is 0. The van der Waals surface area contributed by atoms with Crippen LogP contribution in [-0.2, 0) is 0 Å². The highest BCUT2D eigenvalue weighted by atomic mass is 14.9. The quantitative estimate of drug-likeness (QED) is 0.617. The molecule has 1 aliphatic heterocycles. The van der Waals surface area contributed by atoms with E-state index >= 15 is 0 Å². The third kappa shape index (κ3) is 0.916. The minimum atomic E-state index is 0.236. The fourth-order valence-corrected chi connectivity index (χ4v) is 1.61. The van der Waals surface area contributed by atoms with Crippen molar-refractivity contribution in [1.82, 2.24) is 0 Å². The Bertz CT molecular complexity index is 353. The highest BCUT2D eigenvalue weighted by Crippen LogP contribution is 2.28. The van der Waals surface area contributed by atoms with E-state index in [2.05, 4.69) is 31.0 Å². The van der Waals surface area contributed by atoms with Crippen molar-refractivity contribution in [1.29, 1.82) is 0 Å². The van der Waals surface area contributed by atoms with Gasteiger partial charge in [-0.25, -0.2) is 0 Å². The lowest BCUT2D eigenvalue weighted by atomic mass is 10.0. The van der Waals surface area contributed by atoms with Gasteiger partial charge in [-0.1, -0.05) is 23.8 Å². The minimum absolute atomic E-state index is 0.236. The largest absolute Gasteiger partial charge is 0.383 e. The highest BCUT2D eigenvalue weighted by molar-refractivity contribution is 6.01. The number of aliphatic imine (C=N–C) groups is 1. The van der Waals surface area contributed by atoms with Crippen LogP contribution in [0.25, 0.3) is 0 Å². The van der Waals surface area contributed by atoms with E-state index in [0.717, 1.165) is 5.56 Å². The maximum absolute atomic E-state index is 5.74. The Morgan fingerprint density at radius 2 is 2.17 bits per heavy atom. The molecule has 1 aromatic carbocycles. The maximum atomic E-state index is 5.74. The molecular weight excluding hydrogens is 148 g/mol. The number of nitrogens with two attached hydrogens (primary N) is 1. The van der Waals surface area contributed by atoms with Crippen LogP contribution in [0.1, 0.15) is 29.7 Å². The van der Waals surface area contributed by atoms with Crippen LogP contribution >= 0.6 is 0 Å². The topological polar surface area (TPSA) is 38.4 Å². The first-order chi connectivity index (χ1) is 5.68. The van der Waals surface area contributed by atoms with Crippen molar-refractivity contribution in [3.8, 4) is 0 Å². The summed E-state index contributed by atoms with van der Waals surface area (Å²) < 4.78 is 0. The molecular formula is C10H12N2. The van der Waals surface area contributed by atoms with E-state index in [9.17, 15) is 0 Å². The summed E-state index contributed by atoms with van der Waals surface area (Å²) in [4.78, 5) is 4.29. The molecule has 0 aromatic heterocycles. The van der Waals surface area contributed by atoms with Crippen LogP contribution in [0.3, 0.4) is 0 Å². The zero-order valence-electron chi connectivity index (χ0n) is 7.33. The van der Waals surface area contributed by atoms with Gasteiger partial charge in [0.1, 0.15) is 5.84 Å². The molecule has 0 aliphatic carbocycles. The van der Waals surface area contributed by atoms with Gasteiger partial charge in [-0.2, -0.15) is 0 Å². The summed E-state index contributed by atoms with van der Waals surface area (Å²) in [5.74, 6) is 0.678. The van der Waals surface area contributed by atoms with E-state index < -0.39 is 0 Å². The second-order valence-corrected chi connectivity index (χ2v) is 3.28. The van der Waals surface area contributed by atoms with Gasteiger partial charge in [-0.05, 0) is 19.4 Å². The average Bonchev–Trinajstić information content (AvgIpc) is 2.28. The molecule has 1 aromatic rings. The van der Waals surface area contributed by atoms with Crippen molar-refractivity contribution in [3.63, 3.8) is 0 Å². The van der Waals surface area contributed by atoms with E-state index in [4.69, 9.17) is 5.73 Å². The number of nitrogens with zero attached hydrogens (tertiary/aromatic N) is 1. The van der Waals surface area contributed by atoms with E-state index in [-0.39, 0.29) is 6.04 Å². The third-order valence-electron chi connectivity index (χ3n) is 2.27. The van der Waals surface area contributed by atoms with Crippen LogP contribution < -0.4 is 5.73 Å². The summed E-state index contributed by atoms with van der Waals surface area (Å²) in [5, 5.41) is 0. The van der Waals surface area contributed by atoms with Gasteiger partial charge in [0, 0.05) is 5.56 Å². The van der Waals surface area contributed by atoms with E-state index in [1.165, 1.54) is 11.1 Å². The highest BCUT2D eigenvalue weighted by Gasteiger charge is 2.18. The lowest BCUT2D eigenvalue weighted by molar-refractivity contribution is 0.840. The van der Waals surface area contributed by atoms with Crippen LogP contribution in [0, 0.1) is 6.92 Å². The van der Waals surface area contributed by atoms with E-state index in [1.54, 1.807) is 0 Å². The molecule has 1 aliphatic rings. The van der Waals surface area contributed by atoms with Gasteiger partial charge in [0.25, 0.3) is 0 Å². The predicted molar refractivity (Wildman–Crippen MR) is 50.3 cm³/mol. The van der Waals surface area contributed by atoms with Gasteiger partial charge in [0.05, 0.1) is 6.04 Å². The molecule has 0 saturated heterocycles. The van der Waals surface area contributed by atoms with Crippen LogP contribution in [0.4, 0.5) is 0 Å². The van der Waals surface area contributed by atoms with Crippen molar-refractivity contribution >= 4 is 5.84 Å². The van der Waals surface area contributed by atoms with Crippen LogP contribution in [0.15, 0.2) is 23.2 Å². The Labute approximate surface area is 72.1 Å². The minimum Gasteiger partial charge on any atom is -0.383 e. The van der Waals surface area contributed by atoms with Crippen LogP contribution in [-0.4, -0.2) is 5.84 Å². The van der Waals surface area contributed by atoms with Crippen molar-refractivity contribution in [2.45, 2.75) is 19.9 Å². The molecule has 0 bridgehead atoms. The molecule has 0 fully saturated rings. The number of hydrogen-bond acceptors (Lipinski definition) is 2. The second kappa shape index (κ2) is 2.34. The summed E-state index contributed by atoms with van der Waals surface area (Å²) in [6.45, 7) is 4.15. The zero-order chi connectivity index (χ0) is 8.72.